The zero-order chi connectivity index (χ0) is 13.8. The number of carbonyl (C=O) groups excluding carboxylic acids is 1. The summed E-state index contributed by atoms with van der Waals surface area (Å²) in [5.41, 5.74) is 5.75. The molecule has 0 heterocycles. The van der Waals surface area contributed by atoms with Crippen LogP contribution >= 0.6 is 0 Å². The Morgan fingerprint density at radius 3 is 2.39 bits per heavy atom. The van der Waals surface area contributed by atoms with E-state index in [4.69, 9.17) is 5.73 Å². The van der Waals surface area contributed by atoms with Gasteiger partial charge < -0.3 is 11.1 Å². The molecule has 18 heavy (non-hydrogen) atoms. The molecular formula is C14H21FN2O. The third-order valence-corrected chi connectivity index (χ3v) is 3.14. The standard InChI is InChI=1S/C14H21FN2O/c1-4-12(10-5-7-11(15)8-6-10)17-9-14(2,3)13(16)18/h5-8,12,17H,4,9H2,1-3H3,(H2,16,18). The number of rotatable bonds is 6. The van der Waals surface area contributed by atoms with Gasteiger partial charge in [0.1, 0.15) is 5.82 Å². The molecule has 1 rings (SSSR count). The Balaban J connectivity index is 2.68. The maximum Gasteiger partial charge on any atom is 0.224 e. The number of nitrogens with one attached hydrogen (secondary N) is 1. The van der Waals surface area contributed by atoms with Gasteiger partial charge in [0, 0.05) is 12.6 Å². The fraction of sp³-hybridized carbons (Fsp3) is 0.500. The van der Waals surface area contributed by atoms with Crippen LogP contribution in [0.1, 0.15) is 38.8 Å². The van der Waals surface area contributed by atoms with Crippen molar-refractivity contribution < 1.29 is 9.18 Å². The van der Waals surface area contributed by atoms with Crippen LogP contribution in [0, 0.1) is 11.2 Å². The molecule has 1 atom stereocenters. The molecule has 1 aromatic carbocycles. The maximum absolute atomic E-state index is 12.9. The molecule has 100 valence electrons. The molecule has 3 nitrogen and oxygen atoms in total. The Kier molecular flexibility index (Phi) is 4.84. The van der Waals surface area contributed by atoms with Crippen LogP contribution in [0.3, 0.4) is 0 Å². The first kappa shape index (κ1) is 14.6. The van der Waals surface area contributed by atoms with Gasteiger partial charge in [-0.1, -0.05) is 19.1 Å². The van der Waals surface area contributed by atoms with E-state index in [2.05, 4.69) is 5.32 Å². The number of benzene rings is 1. The zero-order valence-corrected chi connectivity index (χ0v) is 11.2. The van der Waals surface area contributed by atoms with E-state index >= 15 is 0 Å². The van der Waals surface area contributed by atoms with E-state index in [1.165, 1.54) is 12.1 Å². The van der Waals surface area contributed by atoms with Crippen molar-refractivity contribution in [3.05, 3.63) is 35.6 Å². The lowest BCUT2D eigenvalue weighted by atomic mass is 9.91. The molecule has 0 bridgehead atoms. The summed E-state index contributed by atoms with van der Waals surface area (Å²) in [6.07, 6.45) is 0.862. The van der Waals surface area contributed by atoms with Gasteiger partial charge in [-0.2, -0.15) is 0 Å². The van der Waals surface area contributed by atoms with E-state index < -0.39 is 5.41 Å². The second kappa shape index (κ2) is 5.96. The van der Waals surface area contributed by atoms with Crippen LogP contribution in [0.4, 0.5) is 4.39 Å². The molecule has 0 spiro atoms. The molecule has 3 N–H and O–H groups in total. The van der Waals surface area contributed by atoms with E-state index in [9.17, 15) is 9.18 Å². The highest BCUT2D eigenvalue weighted by atomic mass is 19.1. The van der Waals surface area contributed by atoms with Gasteiger partial charge >= 0.3 is 0 Å². The minimum atomic E-state index is -0.590. The summed E-state index contributed by atoms with van der Waals surface area (Å²) in [7, 11) is 0. The van der Waals surface area contributed by atoms with E-state index in [-0.39, 0.29) is 17.8 Å². The minimum Gasteiger partial charge on any atom is -0.369 e. The molecule has 0 aromatic heterocycles. The van der Waals surface area contributed by atoms with Crippen LogP contribution < -0.4 is 11.1 Å². The first-order valence-corrected chi connectivity index (χ1v) is 6.15. The summed E-state index contributed by atoms with van der Waals surface area (Å²) in [6, 6.07) is 6.50. The largest absolute Gasteiger partial charge is 0.369 e. The van der Waals surface area contributed by atoms with Crippen molar-refractivity contribution in [3.8, 4) is 0 Å². The second-order valence-corrected chi connectivity index (χ2v) is 5.14. The van der Waals surface area contributed by atoms with Gasteiger partial charge in [0.25, 0.3) is 0 Å². The van der Waals surface area contributed by atoms with E-state index in [1.807, 2.05) is 6.92 Å². The van der Waals surface area contributed by atoms with Crippen LogP contribution in [-0.4, -0.2) is 12.5 Å². The quantitative estimate of drug-likeness (QED) is 0.816. The minimum absolute atomic E-state index is 0.101. The molecule has 1 unspecified atom stereocenters. The third-order valence-electron chi connectivity index (χ3n) is 3.14. The first-order valence-electron chi connectivity index (χ1n) is 6.15. The monoisotopic (exact) mass is 252 g/mol. The molecule has 0 aliphatic rings. The van der Waals surface area contributed by atoms with Crippen molar-refractivity contribution in [1.82, 2.24) is 5.32 Å². The van der Waals surface area contributed by atoms with E-state index in [0.717, 1.165) is 12.0 Å². The summed E-state index contributed by atoms with van der Waals surface area (Å²) >= 11 is 0. The predicted octanol–water partition coefficient (Wildman–Crippen LogP) is 2.38. The van der Waals surface area contributed by atoms with Gasteiger partial charge in [-0.25, -0.2) is 4.39 Å². The summed E-state index contributed by atoms with van der Waals surface area (Å²) in [5.74, 6) is -0.574. The van der Waals surface area contributed by atoms with Gasteiger partial charge in [-0.15, -0.1) is 0 Å². The normalized spacial score (nSPS) is 13.3. The summed E-state index contributed by atoms with van der Waals surface area (Å²) in [4.78, 5) is 11.2. The van der Waals surface area contributed by atoms with Crippen molar-refractivity contribution in [3.63, 3.8) is 0 Å². The lowest BCUT2D eigenvalue weighted by Crippen LogP contribution is -2.41. The second-order valence-electron chi connectivity index (χ2n) is 5.14. The van der Waals surface area contributed by atoms with E-state index in [1.54, 1.807) is 26.0 Å². The van der Waals surface area contributed by atoms with Crippen molar-refractivity contribution in [2.75, 3.05) is 6.54 Å². The molecular weight excluding hydrogens is 231 g/mol. The van der Waals surface area contributed by atoms with Crippen molar-refractivity contribution >= 4 is 5.91 Å². The Bertz CT molecular complexity index is 401. The molecule has 0 saturated heterocycles. The molecule has 0 aliphatic heterocycles. The van der Waals surface area contributed by atoms with Crippen molar-refractivity contribution in [2.24, 2.45) is 11.1 Å². The number of carbonyl (C=O) groups is 1. The lowest BCUT2D eigenvalue weighted by Gasteiger charge is -2.25. The van der Waals surface area contributed by atoms with Gasteiger partial charge in [0.2, 0.25) is 5.91 Å². The van der Waals surface area contributed by atoms with Gasteiger partial charge in [-0.3, -0.25) is 4.79 Å². The smallest absolute Gasteiger partial charge is 0.224 e. The Hall–Kier alpha value is -1.42. The lowest BCUT2D eigenvalue weighted by molar-refractivity contribution is -0.125. The molecule has 1 amide bonds. The van der Waals surface area contributed by atoms with Crippen LogP contribution in [0.25, 0.3) is 0 Å². The fourth-order valence-corrected chi connectivity index (χ4v) is 1.66. The van der Waals surface area contributed by atoms with Gasteiger partial charge in [0.15, 0.2) is 0 Å². The average molecular weight is 252 g/mol. The molecule has 0 aliphatic carbocycles. The fourth-order valence-electron chi connectivity index (χ4n) is 1.66. The highest BCUT2D eigenvalue weighted by Gasteiger charge is 2.25. The van der Waals surface area contributed by atoms with Crippen molar-refractivity contribution in [2.45, 2.75) is 33.2 Å². The van der Waals surface area contributed by atoms with Crippen LogP contribution in [0.15, 0.2) is 24.3 Å². The maximum atomic E-state index is 12.9. The number of amides is 1. The molecule has 4 heteroatoms. The number of hydrogen-bond donors (Lipinski definition) is 2. The Labute approximate surface area is 108 Å². The van der Waals surface area contributed by atoms with Crippen molar-refractivity contribution in [1.29, 1.82) is 0 Å². The number of halogens is 1. The van der Waals surface area contributed by atoms with Gasteiger partial charge in [0.05, 0.1) is 5.41 Å². The summed E-state index contributed by atoms with van der Waals surface area (Å²) in [6.45, 7) is 6.15. The Morgan fingerprint density at radius 2 is 1.94 bits per heavy atom. The molecule has 0 fully saturated rings. The van der Waals surface area contributed by atoms with Crippen LogP contribution in [-0.2, 0) is 4.79 Å². The van der Waals surface area contributed by atoms with Crippen LogP contribution in [0.2, 0.25) is 0 Å². The molecule has 1 aromatic rings. The van der Waals surface area contributed by atoms with Gasteiger partial charge in [-0.05, 0) is 38.0 Å². The predicted molar refractivity (Wildman–Crippen MR) is 70.4 cm³/mol. The average Bonchev–Trinajstić information content (AvgIpc) is 2.31. The number of primary amides is 1. The molecule has 0 saturated carbocycles. The van der Waals surface area contributed by atoms with E-state index in [0.29, 0.717) is 6.54 Å². The van der Waals surface area contributed by atoms with Crippen LogP contribution in [0.5, 0.6) is 0 Å². The molecule has 0 radical (unpaired) electrons. The third kappa shape index (κ3) is 3.81. The number of nitrogens with two attached hydrogens (primary N) is 1. The summed E-state index contributed by atoms with van der Waals surface area (Å²) in [5, 5.41) is 3.30. The zero-order valence-electron chi connectivity index (χ0n) is 11.2. The first-order chi connectivity index (χ1) is 8.36. The topological polar surface area (TPSA) is 55.1 Å². The number of hydrogen-bond acceptors (Lipinski definition) is 2. The highest BCUT2D eigenvalue weighted by molar-refractivity contribution is 5.80. The summed E-state index contributed by atoms with van der Waals surface area (Å²) < 4.78 is 12.9. The Morgan fingerprint density at radius 1 is 1.39 bits per heavy atom. The highest BCUT2D eigenvalue weighted by Crippen LogP contribution is 2.20. The SMILES string of the molecule is CCC(NCC(C)(C)C(N)=O)c1ccc(F)cc1.